The average molecular weight is 404 g/mol. The summed E-state index contributed by atoms with van der Waals surface area (Å²) in [7, 11) is 0. The first kappa shape index (κ1) is 19.4. The van der Waals surface area contributed by atoms with Crippen molar-refractivity contribution in [1.82, 2.24) is 4.90 Å². The number of carbonyl (C=O) groups is 2. The molecule has 0 amide bonds. The number of carboxylic acids is 1. The normalized spacial score (nSPS) is 15.3. The van der Waals surface area contributed by atoms with Gasteiger partial charge in [-0.25, -0.2) is 4.79 Å². The highest BCUT2D eigenvalue weighted by atomic mass is 35.5. The fraction of sp³-hybridized carbons (Fsp3) is 0.200. The van der Waals surface area contributed by atoms with Gasteiger partial charge in [-0.15, -0.1) is 11.3 Å². The molecule has 1 aliphatic rings. The number of carbonyl (C=O) groups excluding carboxylic acids is 1. The van der Waals surface area contributed by atoms with Crippen molar-refractivity contribution in [3.63, 3.8) is 0 Å². The molecule has 27 heavy (non-hydrogen) atoms. The van der Waals surface area contributed by atoms with Gasteiger partial charge in [0, 0.05) is 29.1 Å². The Morgan fingerprint density at radius 3 is 2.85 bits per heavy atom. The topological polar surface area (TPSA) is 66.8 Å². The third kappa shape index (κ3) is 4.47. The molecule has 0 fully saturated rings. The third-order valence-corrected chi connectivity index (χ3v) is 5.70. The lowest BCUT2D eigenvalue weighted by molar-refractivity contribution is -0.144. The van der Waals surface area contributed by atoms with Crippen molar-refractivity contribution in [2.24, 2.45) is 0 Å². The summed E-state index contributed by atoms with van der Waals surface area (Å²) in [6.07, 6.45) is 5.00. The lowest BCUT2D eigenvalue weighted by Gasteiger charge is -2.32. The number of halogens is 1. The molecule has 1 N–H and O–H groups in total. The maximum Gasteiger partial charge on any atom is 0.336 e. The van der Waals surface area contributed by atoms with Gasteiger partial charge in [0.15, 0.2) is 5.06 Å². The Hall–Kier alpha value is -2.41. The quantitative estimate of drug-likeness (QED) is 0.444. The fourth-order valence-corrected chi connectivity index (χ4v) is 4.32. The highest BCUT2D eigenvalue weighted by Crippen LogP contribution is 2.37. The van der Waals surface area contributed by atoms with Crippen molar-refractivity contribution >= 4 is 34.9 Å². The first-order chi connectivity index (χ1) is 13.0. The Kier molecular flexibility index (Phi) is 6.11. The minimum absolute atomic E-state index is 0.435. The number of carboxylic acid groups (broad SMARTS) is 1. The SMILES string of the molecule is C=C/C=C/C(=O)Oc1cc2c(s1)CCN(C(C(=O)O)c1ccccc1Cl)C2. The van der Waals surface area contributed by atoms with Crippen LogP contribution in [0.25, 0.3) is 0 Å². The Bertz CT molecular complexity index is 905. The van der Waals surface area contributed by atoms with Gasteiger partial charge in [-0.3, -0.25) is 9.69 Å². The second-order valence-corrected chi connectivity index (χ2v) is 7.52. The summed E-state index contributed by atoms with van der Waals surface area (Å²) in [5, 5.41) is 10.7. The summed E-state index contributed by atoms with van der Waals surface area (Å²) >= 11 is 7.64. The van der Waals surface area contributed by atoms with Crippen LogP contribution in [0.4, 0.5) is 0 Å². The molecule has 1 atom stereocenters. The van der Waals surface area contributed by atoms with Gasteiger partial charge >= 0.3 is 11.9 Å². The van der Waals surface area contributed by atoms with Gasteiger partial charge < -0.3 is 9.84 Å². The lowest BCUT2D eigenvalue weighted by atomic mass is 10.0. The molecule has 0 aliphatic carbocycles. The molecule has 0 bridgehead atoms. The molecule has 1 aromatic carbocycles. The van der Waals surface area contributed by atoms with Crippen molar-refractivity contribution in [3.8, 4) is 5.06 Å². The molecule has 140 valence electrons. The molecule has 7 heteroatoms. The van der Waals surface area contributed by atoms with E-state index in [1.807, 2.05) is 4.90 Å². The molecule has 5 nitrogen and oxygen atoms in total. The molecular weight excluding hydrogens is 386 g/mol. The van der Waals surface area contributed by atoms with Gasteiger partial charge in [-0.1, -0.05) is 48.5 Å². The van der Waals surface area contributed by atoms with Crippen LogP contribution in [0.15, 0.2) is 55.1 Å². The van der Waals surface area contributed by atoms with Crippen LogP contribution in [-0.4, -0.2) is 28.5 Å². The zero-order valence-corrected chi connectivity index (χ0v) is 16.0. The number of nitrogens with zero attached hydrogens (tertiary/aromatic N) is 1. The van der Waals surface area contributed by atoms with E-state index < -0.39 is 18.0 Å². The number of esters is 1. The number of aliphatic carboxylic acids is 1. The van der Waals surface area contributed by atoms with Gasteiger partial charge in [-0.2, -0.15) is 0 Å². The molecule has 2 heterocycles. The van der Waals surface area contributed by atoms with E-state index in [1.165, 1.54) is 29.6 Å². The Morgan fingerprint density at radius 2 is 2.15 bits per heavy atom. The molecule has 1 aromatic heterocycles. The monoisotopic (exact) mass is 403 g/mol. The highest BCUT2D eigenvalue weighted by Gasteiger charge is 2.32. The van der Waals surface area contributed by atoms with Crippen LogP contribution in [0.5, 0.6) is 5.06 Å². The number of fused-ring (bicyclic) bond motifs is 1. The van der Waals surface area contributed by atoms with Gasteiger partial charge in [0.25, 0.3) is 0 Å². The first-order valence-corrected chi connectivity index (χ1v) is 9.53. The summed E-state index contributed by atoms with van der Waals surface area (Å²) < 4.78 is 5.31. The van der Waals surface area contributed by atoms with Crippen LogP contribution < -0.4 is 4.74 Å². The smallest absolute Gasteiger partial charge is 0.336 e. The standard InChI is InChI=1S/C20H18ClNO4S/c1-2-3-8-17(23)26-18-11-13-12-22(10-9-16(13)27-18)19(20(24)25)14-6-4-5-7-15(14)21/h2-8,11,19H,1,9-10,12H2,(H,24,25)/b8-3+. The number of rotatable bonds is 6. The number of thiophene rings is 1. The van der Waals surface area contributed by atoms with Crippen molar-refractivity contribution in [2.45, 2.75) is 19.0 Å². The van der Waals surface area contributed by atoms with E-state index in [9.17, 15) is 14.7 Å². The van der Waals surface area contributed by atoms with Crippen LogP contribution in [0, 0.1) is 0 Å². The fourth-order valence-electron chi connectivity index (χ4n) is 3.06. The summed E-state index contributed by atoms with van der Waals surface area (Å²) in [6, 6.07) is 7.97. The summed E-state index contributed by atoms with van der Waals surface area (Å²) in [5.74, 6) is -1.41. The zero-order valence-electron chi connectivity index (χ0n) is 14.4. The maximum atomic E-state index is 11.9. The highest BCUT2D eigenvalue weighted by molar-refractivity contribution is 7.14. The number of hydrogen-bond donors (Lipinski definition) is 1. The van der Waals surface area contributed by atoms with E-state index in [4.69, 9.17) is 16.3 Å². The predicted octanol–water partition coefficient (Wildman–Crippen LogP) is 4.23. The van der Waals surface area contributed by atoms with Crippen molar-refractivity contribution in [1.29, 1.82) is 0 Å². The van der Waals surface area contributed by atoms with Crippen LogP contribution in [0.1, 0.15) is 22.0 Å². The van der Waals surface area contributed by atoms with Gasteiger partial charge in [0.1, 0.15) is 6.04 Å². The number of allylic oxidation sites excluding steroid dienone is 2. The minimum atomic E-state index is -0.942. The van der Waals surface area contributed by atoms with Gasteiger partial charge in [0.2, 0.25) is 0 Å². The largest absolute Gasteiger partial charge is 0.480 e. The molecule has 0 spiro atoms. The molecule has 0 saturated carbocycles. The lowest BCUT2D eigenvalue weighted by Crippen LogP contribution is -2.37. The van der Waals surface area contributed by atoms with E-state index in [2.05, 4.69) is 6.58 Å². The summed E-state index contributed by atoms with van der Waals surface area (Å²) in [6.45, 7) is 4.54. The molecule has 1 unspecified atom stereocenters. The molecule has 3 rings (SSSR count). The van der Waals surface area contributed by atoms with E-state index in [-0.39, 0.29) is 0 Å². The Balaban J connectivity index is 1.80. The van der Waals surface area contributed by atoms with Gasteiger partial charge in [-0.05, 0) is 29.7 Å². The van der Waals surface area contributed by atoms with Crippen LogP contribution in [0.2, 0.25) is 5.02 Å². The number of benzene rings is 1. The summed E-state index contributed by atoms with van der Waals surface area (Å²) in [4.78, 5) is 26.6. The Labute approximate surface area is 166 Å². The maximum absolute atomic E-state index is 11.9. The third-order valence-electron chi connectivity index (χ3n) is 4.24. The summed E-state index contributed by atoms with van der Waals surface area (Å²) in [5.41, 5.74) is 1.55. The van der Waals surface area contributed by atoms with Crippen molar-refractivity contribution < 1.29 is 19.4 Å². The minimum Gasteiger partial charge on any atom is -0.480 e. The van der Waals surface area contributed by atoms with Crippen LogP contribution in [0.3, 0.4) is 0 Å². The van der Waals surface area contributed by atoms with E-state index in [0.29, 0.717) is 35.2 Å². The second-order valence-electron chi connectivity index (χ2n) is 6.01. The molecule has 1 aliphatic heterocycles. The molecule has 2 aromatic rings. The zero-order chi connectivity index (χ0) is 19.4. The van der Waals surface area contributed by atoms with E-state index in [1.54, 1.807) is 30.3 Å². The Morgan fingerprint density at radius 1 is 1.37 bits per heavy atom. The van der Waals surface area contributed by atoms with Crippen LogP contribution >= 0.6 is 22.9 Å². The van der Waals surface area contributed by atoms with E-state index in [0.717, 1.165) is 10.4 Å². The van der Waals surface area contributed by atoms with Crippen LogP contribution in [-0.2, 0) is 22.6 Å². The second kappa shape index (κ2) is 8.52. The van der Waals surface area contributed by atoms with Crippen molar-refractivity contribution in [2.75, 3.05) is 6.54 Å². The number of ether oxygens (including phenoxy) is 1. The predicted molar refractivity (Wildman–Crippen MR) is 105 cm³/mol. The first-order valence-electron chi connectivity index (χ1n) is 8.33. The average Bonchev–Trinajstić information content (AvgIpc) is 3.03. The molecule has 0 radical (unpaired) electrons. The molecule has 0 saturated heterocycles. The molecular formula is C20H18ClNO4S. The van der Waals surface area contributed by atoms with E-state index >= 15 is 0 Å². The number of hydrogen-bond acceptors (Lipinski definition) is 5. The van der Waals surface area contributed by atoms with Gasteiger partial charge in [0.05, 0.1) is 0 Å². The van der Waals surface area contributed by atoms with Crippen molar-refractivity contribution in [3.05, 3.63) is 76.2 Å².